The summed E-state index contributed by atoms with van der Waals surface area (Å²) >= 11 is 3.48. The van der Waals surface area contributed by atoms with Gasteiger partial charge in [0.15, 0.2) is 0 Å². The van der Waals surface area contributed by atoms with Crippen LogP contribution in [0, 0.1) is 0 Å². The predicted molar refractivity (Wildman–Crippen MR) is 83.1 cm³/mol. The minimum absolute atomic E-state index is 0.324. The van der Waals surface area contributed by atoms with Crippen LogP contribution in [0.25, 0.3) is 0 Å². The van der Waals surface area contributed by atoms with Crippen molar-refractivity contribution in [2.45, 2.75) is 26.4 Å². The lowest BCUT2D eigenvalue weighted by molar-refractivity contribution is 0.0696. The summed E-state index contributed by atoms with van der Waals surface area (Å²) in [5.41, 5.74) is 1.47. The summed E-state index contributed by atoms with van der Waals surface area (Å²) in [6, 6.07) is 5.84. The average molecular weight is 341 g/mol. The second kappa shape index (κ2) is 6.70. The molecule has 2 rings (SSSR count). The lowest BCUT2D eigenvalue weighted by Gasteiger charge is -2.39. The van der Waals surface area contributed by atoms with Crippen molar-refractivity contribution in [2.24, 2.45) is 0 Å². The zero-order valence-corrected chi connectivity index (χ0v) is 13.6. The van der Waals surface area contributed by atoms with Crippen LogP contribution in [0.4, 0.5) is 0 Å². The predicted octanol–water partition coefficient (Wildman–Crippen LogP) is 2.67. The molecule has 0 bridgehead atoms. The maximum atomic E-state index is 10.9. The summed E-state index contributed by atoms with van der Waals surface area (Å²) in [6.07, 6.45) is 0. The topological polar surface area (TPSA) is 43.8 Å². The van der Waals surface area contributed by atoms with Crippen molar-refractivity contribution in [3.05, 3.63) is 33.8 Å². The highest BCUT2D eigenvalue weighted by atomic mass is 79.9. The van der Waals surface area contributed by atoms with E-state index in [9.17, 15) is 4.79 Å². The fraction of sp³-hybridized carbons (Fsp3) is 0.533. The van der Waals surface area contributed by atoms with Crippen molar-refractivity contribution in [3.63, 3.8) is 0 Å². The SMILES string of the molecule is CCN1CCN(Cc2ccc(C(=O)O)cc2Br)CC1C. The molecule has 1 aliphatic heterocycles. The average Bonchev–Trinajstić information content (AvgIpc) is 2.41. The Bertz CT molecular complexity index is 493. The number of rotatable bonds is 4. The molecule has 1 aliphatic rings. The van der Waals surface area contributed by atoms with Gasteiger partial charge in [-0.3, -0.25) is 9.80 Å². The first-order valence-electron chi connectivity index (χ1n) is 6.99. The van der Waals surface area contributed by atoms with Gasteiger partial charge < -0.3 is 5.11 Å². The number of aromatic carboxylic acids is 1. The molecule has 0 saturated carbocycles. The molecule has 20 heavy (non-hydrogen) atoms. The minimum Gasteiger partial charge on any atom is -0.478 e. The van der Waals surface area contributed by atoms with Gasteiger partial charge in [0.05, 0.1) is 5.56 Å². The monoisotopic (exact) mass is 340 g/mol. The number of hydrogen-bond acceptors (Lipinski definition) is 3. The van der Waals surface area contributed by atoms with Crippen LogP contribution in [0.3, 0.4) is 0 Å². The van der Waals surface area contributed by atoms with Gasteiger partial charge in [-0.05, 0) is 31.2 Å². The van der Waals surface area contributed by atoms with Crippen LogP contribution < -0.4 is 0 Å². The van der Waals surface area contributed by atoms with Gasteiger partial charge in [-0.2, -0.15) is 0 Å². The molecule has 1 atom stereocenters. The second-order valence-electron chi connectivity index (χ2n) is 5.32. The number of carboxylic acids is 1. The summed E-state index contributed by atoms with van der Waals surface area (Å²) in [5.74, 6) is -0.887. The fourth-order valence-electron chi connectivity index (χ4n) is 2.73. The Balaban J connectivity index is 2.02. The zero-order chi connectivity index (χ0) is 14.7. The molecular weight excluding hydrogens is 320 g/mol. The van der Waals surface area contributed by atoms with Gasteiger partial charge in [0.25, 0.3) is 0 Å². The number of halogens is 1. The Morgan fingerprint density at radius 1 is 1.45 bits per heavy atom. The van der Waals surface area contributed by atoms with E-state index >= 15 is 0 Å². The molecule has 0 aromatic heterocycles. The molecule has 1 aromatic carbocycles. The van der Waals surface area contributed by atoms with E-state index in [0.717, 1.165) is 42.8 Å². The molecule has 1 fully saturated rings. The molecule has 1 saturated heterocycles. The Kier molecular flexibility index (Phi) is 5.18. The third-order valence-electron chi connectivity index (χ3n) is 3.95. The van der Waals surface area contributed by atoms with Crippen LogP contribution in [-0.2, 0) is 6.54 Å². The van der Waals surface area contributed by atoms with Crippen LogP contribution in [0.5, 0.6) is 0 Å². The molecule has 0 amide bonds. The Morgan fingerprint density at radius 3 is 2.75 bits per heavy atom. The smallest absolute Gasteiger partial charge is 0.335 e. The number of carboxylic acid groups (broad SMARTS) is 1. The van der Waals surface area contributed by atoms with Crippen LogP contribution in [-0.4, -0.2) is 53.1 Å². The van der Waals surface area contributed by atoms with Crippen LogP contribution >= 0.6 is 15.9 Å². The molecule has 0 aliphatic carbocycles. The normalized spacial score (nSPS) is 21.1. The Hall–Kier alpha value is -0.910. The van der Waals surface area contributed by atoms with Gasteiger partial charge >= 0.3 is 5.97 Å². The number of nitrogens with zero attached hydrogens (tertiary/aromatic N) is 2. The van der Waals surface area contributed by atoms with Crippen molar-refractivity contribution in [2.75, 3.05) is 26.2 Å². The van der Waals surface area contributed by atoms with Gasteiger partial charge in [0.2, 0.25) is 0 Å². The quantitative estimate of drug-likeness (QED) is 0.915. The fourth-order valence-corrected chi connectivity index (χ4v) is 3.24. The first-order valence-corrected chi connectivity index (χ1v) is 7.78. The van der Waals surface area contributed by atoms with Crippen LogP contribution in [0.1, 0.15) is 29.8 Å². The van der Waals surface area contributed by atoms with E-state index in [4.69, 9.17) is 5.11 Å². The molecule has 4 nitrogen and oxygen atoms in total. The van der Waals surface area contributed by atoms with E-state index in [2.05, 4.69) is 39.6 Å². The summed E-state index contributed by atoms with van der Waals surface area (Å²) in [4.78, 5) is 15.8. The second-order valence-corrected chi connectivity index (χ2v) is 6.18. The molecule has 0 radical (unpaired) electrons. The van der Waals surface area contributed by atoms with Crippen LogP contribution in [0.15, 0.2) is 22.7 Å². The molecule has 1 N–H and O–H groups in total. The highest BCUT2D eigenvalue weighted by Crippen LogP contribution is 2.22. The Labute approximate surface area is 128 Å². The van der Waals surface area contributed by atoms with E-state index in [0.29, 0.717) is 11.6 Å². The number of hydrogen-bond donors (Lipinski definition) is 1. The highest BCUT2D eigenvalue weighted by Gasteiger charge is 2.22. The number of benzene rings is 1. The lowest BCUT2D eigenvalue weighted by atomic mass is 10.1. The number of carbonyl (C=O) groups is 1. The third kappa shape index (κ3) is 3.59. The Morgan fingerprint density at radius 2 is 2.20 bits per heavy atom. The van der Waals surface area contributed by atoms with E-state index in [-0.39, 0.29) is 0 Å². The van der Waals surface area contributed by atoms with Crippen molar-refractivity contribution in [1.82, 2.24) is 9.80 Å². The van der Waals surface area contributed by atoms with Crippen molar-refractivity contribution in [1.29, 1.82) is 0 Å². The highest BCUT2D eigenvalue weighted by molar-refractivity contribution is 9.10. The van der Waals surface area contributed by atoms with Crippen molar-refractivity contribution >= 4 is 21.9 Å². The molecule has 0 spiro atoms. The summed E-state index contributed by atoms with van der Waals surface area (Å²) in [6.45, 7) is 9.65. The molecule has 1 aromatic rings. The van der Waals surface area contributed by atoms with Crippen molar-refractivity contribution < 1.29 is 9.90 Å². The molecular formula is C15H21BrN2O2. The minimum atomic E-state index is -0.887. The van der Waals surface area contributed by atoms with Crippen LogP contribution in [0.2, 0.25) is 0 Å². The standard InChI is InChI=1S/C15H21BrN2O2/c1-3-18-7-6-17(9-11(18)2)10-13-5-4-12(15(19)20)8-14(13)16/h4-5,8,11H,3,6-7,9-10H2,1-2H3,(H,19,20). The molecule has 1 unspecified atom stereocenters. The first kappa shape index (κ1) is 15.5. The third-order valence-corrected chi connectivity index (χ3v) is 4.69. The van der Waals surface area contributed by atoms with Gasteiger partial charge in [-0.1, -0.05) is 28.9 Å². The number of piperazine rings is 1. The summed E-state index contributed by atoms with van der Waals surface area (Å²) < 4.78 is 0.878. The lowest BCUT2D eigenvalue weighted by Crippen LogP contribution is -2.51. The van der Waals surface area contributed by atoms with Gasteiger partial charge in [0, 0.05) is 36.7 Å². The van der Waals surface area contributed by atoms with E-state index in [1.165, 1.54) is 0 Å². The van der Waals surface area contributed by atoms with Crippen molar-refractivity contribution in [3.8, 4) is 0 Å². The van der Waals surface area contributed by atoms with Gasteiger partial charge in [-0.15, -0.1) is 0 Å². The molecule has 110 valence electrons. The number of likely N-dealkylation sites (N-methyl/N-ethyl adjacent to an activating group) is 1. The summed E-state index contributed by atoms with van der Waals surface area (Å²) in [5, 5.41) is 8.98. The molecule has 1 heterocycles. The molecule has 5 heteroatoms. The van der Waals surface area contributed by atoms with E-state index in [1.807, 2.05) is 6.07 Å². The van der Waals surface area contributed by atoms with E-state index in [1.54, 1.807) is 12.1 Å². The zero-order valence-electron chi connectivity index (χ0n) is 12.0. The summed E-state index contributed by atoms with van der Waals surface area (Å²) in [7, 11) is 0. The maximum absolute atomic E-state index is 10.9. The van der Waals surface area contributed by atoms with E-state index < -0.39 is 5.97 Å². The maximum Gasteiger partial charge on any atom is 0.335 e. The first-order chi connectivity index (χ1) is 9.51. The van der Waals surface area contributed by atoms with Gasteiger partial charge in [-0.25, -0.2) is 4.79 Å². The van der Waals surface area contributed by atoms with Gasteiger partial charge in [0.1, 0.15) is 0 Å². The largest absolute Gasteiger partial charge is 0.478 e.